The van der Waals surface area contributed by atoms with Crippen LogP contribution in [0.5, 0.6) is 0 Å². The molecular weight excluding hydrogens is 204 g/mol. The van der Waals surface area contributed by atoms with Gasteiger partial charge in [-0.05, 0) is 26.2 Å². The monoisotopic (exact) mass is 230 g/mol. The number of unbranched alkanes of at least 4 members (excludes halogenated alkanes) is 1. The molecule has 2 rings (SSSR count). The molecule has 1 saturated heterocycles. The Bertz CT molecular complexity index is 169. The number of rotatable bonds is 4. The summed E-state index contributed by atoms with van der Waals surface area (Å²) in [5.74, 6) is 0. The van der Waals surface area contributed by atoms with Gasteiger partial charge in [-0.1, -0.05) is 26.2 Å². The van der Waals surface area contributed by atoms with E-state index in [1.54, 1.807) is 0 Å². The number of aliphatic hydroxyl groups excluding tert-OH is 1. The summed E-state index contributed by atoms with van der Waals surface area (Å²) in [6.07, 6.45) is 7.15. The van der Waals surface area contributed by atoms with Gasteiger partial charge in [0.1, 0.15) is 0 Å². The lowest BCUT2D eigenvalue weighted by Gasteiger charge is -2.27. The molecule has 3 heteroatoms. The van der Waals surface area contributed by atoms with Crippen LogP contribution in [0.3, 0.4) is 0 Å². The van der Waals surface area contributed by atoms with Crippen molar-refractivity contribution in [1.82, 2.24) is 0 Å². The first-order chi connectivity index (χ1) is 7.74. The van der Waals surface area contributed by atoms with Crippen LogP contribution in [-0.2, 0) is 9.47 Å². The summed E-state index contributed by atoms with van der Waals surface area (Å²) in [5, 5.41) is 9.54. The molecule has 16 heavy (non-hydrogen) atoms. The van der Waals surface area contributed by atoms with Gasteiger partial charge in [-0.25, -0.2) is 0 Å². The lowest BCUT2D eigenvalue weighted by atomic mass is 9.95. The molecule has 2 aliphatic rings. The minimum absolute atomic E-state index is 0.130. The van der Waals surface area contributed by atoms with Crippen molar-refractivity contribution in [3.8, 4) is 0 Å². The molecule has 0 bridgehead atoms. The fraction of sp³-hybridized carbons (Fsp3) is 1.00. The summed E-state index contributed by atoms with van der Waals surface area (Å²) in [7, 11) is 0. The molecule has 96 valence electrons. The van der Waals surface area contributed by atoms with Crippen molar-refractivity contribution in [1.29, 1.82) is 0 Å². The quantitative estimate of drug-likeness (QED) is 0.596. The fourth-order valence-electron chi connectivity index (χ4n) is 1.75. The lowest BCUT2D eigenvalue weighted by Crippen LogP contribution is -2.32. The second kappa shape index (κ2) is 8.04. The third-order valence-electron chi connectivity index (χ3n) is 3.00. The summed E-state index contributed by atoms with van der Waals surface area (Å²) in [6, 6.07) is 0. The number of epoxide rings is 1. The Hall–Kier alpha value is -0.120. The van der Waals surface area contributed by atoms with Crippen molar-refractivity contribution in [2.24, 2.45) is 0 Å². The molecule has 0 spiro atoms. The highest BCUT2D eigenvalue weighted by molar-refractivity contribution is 4.74. The molecule has 3 nitrogen and oxygen atoms in total. The Morgan fingerprint density at radius 1 is 1.31 bits per heavy atom. The summed E-state index contributed by atoms with van der Waals surface area (Å²) >= 11 is 0. The number of ether oxygens (including phenoxy) is 2. The zero-order valence-electron chi connectivity index (χ0n) is 10.7. The highest BCUT2D eigenvalue weighted by Crippen LogP contribution is 2.21. The molecule has 0 amide bonds. The summed E-state index contributed by atoms with van der Waals surface area (Å²) in [4.78, 5) is 0. The van der Waals surface area contributed by atoms with Gasteiger partial charge in [0.15, 0.2) is 0 Å². The third kappa shape index (κ3) is 6.46. The second-order valence-electron chi connectivity index (χ2n) is 4.76. The number of aliphatic hydroxyl groups is 1. The Balaban J connectivity index is 0.000000267. The van der Waals surface area contributed by atoms with Gasteiger partial charge in [-0.15, -0.1) is 0 Å². The molecule has 1 saturated carbocycles. The van der Waals surface area contributed by atoms with Crippen molar-refractivity contribution in [3.63, 3.8) is 0 Å². The molecule has 0 aromatic rings. The topological polar surface area (TPSA) is 42.0 Å². The normalized spacial score (nSPS) is 32.8. The zero-order valence-corrected chi connectivity index (χ0v) is 10.7. The molecular formula is C13H26O3. The largest absolute Gasteiger partial charge is 0.390 e. The molecule has 1 aliphatic carbocycles. The minimum atomic E-state index is -0.199. The van der Waals surface area contributed by atoms with Crippen LogP contribution in [0.15, 0.2) is 0 Å². The third-order valence-corrected chi connectivity index (χ3v) is 3.00. The van der Waals surface area contributed by atoms with E-state index in [0.717, 1.165) is 38.9 Å². The summed E-state index contributed by atoms with van der Waals surface area (Å²) in [5.41, 5.74) is 0. The van der Waals surface area contributed by atoms with Gasteiger partial charge in [0.05, 0.1) is 24.9 Å². The van der Waals surface area contributed by atoms with Crippen molar-refractivity contribution in [3.05, 3.63) is 0 Å². The number of hydrogen-bond donors (Lipinski definition) is 1. The molecule has 0 aromatic heterocycles. The zero-order chi connectivity index (χ0) is 11.8. The Labute approximate surface area is 99.1 Å². The van der Waals surface area contributed by atoms with Crippen LogP contribution in [0.2, 0.25) is 0 Å². The first kappa shape index (κ1) is 13.9. The Kier molecular flexibility index (Phi) is 7.01. The van der Waals surface area contributed by atoms with Gasteiger partial charge in [0.2, 0.25) is 0 Å². The molecule has 0 radical (unpaired) electrons. The van der Waals surface area contributed by atoms with Crippen molar-refractivity contribution >= 4 is 0 Å². The SMILES string of the molecule is CC1CO1.CCCCOC1CCCCC1O. The average molecular weight is 230 g/mol. The van der Waals surface area contributed by atoms with E-state index in [1.165, 1.54) is 12.8 Å². The van der Waals surface area contributed by atoms with Gasteiger partial charge in [0, 0.05) is 6.61 Å². The minimum Gasteiger partial charge on any atom is -0.390 e. The molecule has 1 aliphatic heterocycles. The van der Waals surface area contributed by atoms with E-state index in [9.17, 15) is 5.11 Å². The van der Waals surface area contributed by atoms with Crippen LogP contribution >= 0.6 is 0 Å². The molecule has 0 aromatic carbocycles. The Morgan fingerprint density at radius 3 is 2.44 bits per heavy atom. The van der Waals surface area contributed by atoms with Crippen LogP contribution in [0.4, 0.5) is 0 Å². The maximum Gasteiger partial charge on any atom is 0.0833 e. The fourth-order valence-corrected chi connectivity index (χ4v) is 1.75. The maximum atomic E-state index is 9.54. The van der Waals surface area contributed by atoms with Gasteiger partial charge in [0.25, 0.3) is 0 Å². The summed E-state index contributed by atoms with van der Waals surface area (Å²) < 4.78 is 10.3. The van der Waals surface area contributed by atoms with Gasteiger partial charge in [-0.3, -0.25) is 0 Å². The van der Waals surface area contributed by atoms with E-state index in [0.29, 0.717) is 6.10 Å². The molecule has 3 atom stereocenters. The lowest BCUT2D eigenvalue weighted by molar-refractivity contribution is -0.0592. The average Bonchev–Trinajstić information content (AvgIpc) is 3.05. The van der Waals surface area contributed by atoms with E-state index >= 15 is 0 Å². The summed E-state index contributed by atoms with van der Waals surface area (Å²) in [6.45, 7) is 6.01. The molecule has 3 unspecified atom stereocenters. The van der Waals surface area contributed by atoms with E-state index in [1.807, 2.05) is 0 Å². The van der Waals surface area contributed by atoms with Crippen LogP contribution in [0.25, 0.3) is 0 Å². The number of hydrogen-bond acceptors (Lipinski definition) is 3. The van der Waals surface area contributed by atoms with Gasteiger partial charge in [-0.2, -0.15) is 0 Å². The smallest absolute Gasteiger partial charge is 0.0833 e. The van der Waals surface area contributed by atoms with E-state index < -0.39 is 0 Å². The maximum absolute atomic E-state index is 9.54. The van der Waals surface area contributed by atoms with Gasteiger partial charge >= 0.3 is 0 Å². The predicted octanol–water partition coefficient (Wildman–Crippen LogP) is 2.51. The van der Waals surface area contributed by atoms with E-state index in [-0.39, 0.29) is 12.2 Å². The first-order valence-electron chi connectivity index (χ1n) is 6.65. The molecule has 2 fully saturated rings. The second-order valence-corrected chi connectivity index (χ2v) is 4.76. The predicted molar refractivity (Wildman–Crippen MR) is 64.5 cm³/mol. The van der Waals surface area contributed by atoms with E-state index in [2.05, 4.69) is 13.8 Å². The van der Waals surface area contributed by atoms with Crippen LogP contribution < -0.4 is 0 Å². The molecule has 1 N–H and O–H groups in total. The highest BCUT2D eigenvalue weighted by atomic mass is 16.6. The van der Waals surface area contributed by atoms with Crippen molar-refractivity contribution in [2.45, 2.75) is 70.7 Å². The van der Waals surface area contributed by atoms with Crippen molar-refractivity contribution < 1.29 is 14.6 Å². The Morgan fingerprint density at radius 2 is 1.94 bits per heavy atom. The van der Waals surface area contributed by atoms with Gasteiger partial charge < -0.3 is 14.6 Å². The van der Waals surface area contributed by atoms with Crippen LogP contribution in [-0.4, -0.2) is 36.6 Å². The van der Waals surface area contributed by atoms with E-state index in [4.69, 9.17) is 9.47 Å². The highest BCUT2D eigenvalue weighted by Gasteiger charge is 2.22. The first-order valence-corrected chi connectivity index (χ1v) is 6.65. The molecule has 1 heterocycles. The standard InChI is InChI=1S/C10H20O2.C3H6O/c1-2-3-8-12-10-7-5-4-6-9(10)11;1-3-2-4-3/h9-11H,2-8H2,1H3;3H,2H2,1H3. The van der Waals surface area contributed by atoms with Crippen molar-refractivity contribution in [2.75, 3.05) is 13.2 Å². The van der Waals surface area contributed by atoms with Crippen LogP contribution in [0.1, 0.15) is 52.4 Å². The van der Waals surface area contributed by atoms with Crippen LogP contribution in [0, 0.1) is 0 Å².